The second kappa shape index (κ2) is 5.46. The van der Waals surface area contributed by atoms with Gasteiger partial charge in [0, 0.05) is 31.9 Å². The Morgan fingerprint density at radius 3 is 2.78 bits per heavy atom. The summed E-state index contributed by atoms with van der Waals surface area (Å²) in [5.74, 6) is 1.30. The average Bonchev–Trinajstić information content (AvgIpc) is 3.22. The number of amides is 1. The number of nitrogens with one attached hydrogen (secondary N) is 1. The van der Waals surface area contributed by atoms with Crippen molar-refractivity contribution in [1.82, 2.24) is 14.9 Å². The smallest absolute Gasteiger partial charge is 0.289 e. The lowest BCUT2D eigenvalue weighted by Crippen LogP contribution is -2.48. The minimum atomic E-state index is -0.0331. The standard InChI is InChI=1S/C17H18N4O2/c1-12-18-14-5-4-13(11-15(14)19-12)20-6-8-21(9-7-20)17(22)16-3-2-10-23-16/h2-5,10-11H,6-9H2,1H3,(H,18,19). The molecule has 6 heteroatoms. The molecule has 0 radical (unpaired) electrons. The summed E-state index contributed by atoms with van der Waals surface area (Å²) in [6.07, 6.45) is 1.53. The van der Waals surface area contributed by atoms with E-state index in [0.717, 1.165) is 35.6 Å². The third-order valence-electron chi connectivity index (χ3n) is 4.25. The molecular weight excluding hydrogens is 292 g/mol. The van der Waals surface area contributed by atoms with Crippen molar-refractivity contribution >= 4 is 22.6 Å². The molecular formula is C17H18N4O2. The fourth-order valence-electron chi connectivity index (χ4n) is 3.05. The number of aryl methyl sites for hydroxylation is 1. The second-order valence-electron chi connectivity index (χ2n) is 5.78. The molecule has 1 N–H and O–H groups in total. The van der Waals surface area contributed by atoms with Crippen LogP contribution in [0.2, 0.25) is 0 Å². The van der Waals surface area contributed by atoms with E-state index in [1.165, 1.54) is 6.26 Å². The fraction of sp³-hybridized carbons (Fsp3) is 0.294. The van der Waals surface area contributed by atoms with Crippen LogP contribution >= 0.6 is 0 Å². The monoisotopic (exact) mass is 310 g/mol. The molecule has 0 saturated carbocycles. The van der Waals surface area contributed by atoms with E-state index in [9.17, 15) is 4.79 Å². The van der Waals surface area contributed by atoms with Gasteiger partial charge >= 0.3 is 0 Å². The molecule has 0 spiro atoms. The summed E-state index contributed by atoms with van der Waals surface area (Å²) >= 11 is 0. The van der Waals surface area contributed by atoms with E-state index < -0.39 is 0 Å². The van der Waals surface area contributed by atoms with Crippen LogP contribution in [0.15, 0.2) is 41.0 Å². The van der Waals surface area contributed by atoms with Crippen LogP contribution < -0.4 is 4.90 Å². The van der Waals surface area contributed by atoms with E-state index in [1.807, 2.05) is 17.9 Å². The van der Waals surface area contributed by atoms with Crippen LogP contribution in [0, 0.1) is 6.92 Å². The fourth-order valence-corrected chi connectivity index (χ4v) is 3.05. The van der Waals surface area contributed by atoms with Gasteiger partial charge in [-0.2, -0.15) is 0 Å². The number of hydrogen-bond donors (Lipinski definition) is 1. The van der Waals surface area contributed by atoms with Gasteiger partial charge in [-0.1, -0.05) is 0 Å². The van der Waals surface area contributed by atoms with Crippen LogP contribution in [0.25, 0.3) is 11.0 Å². The molecule has 1 saturated heterocycles. The van der Waals surface area contributed by atoms with Gasteiger partial charge in [0.25, 0.3) is 5.91 Å². The number of furan rings is 1. The number of H-pyrrole nitrogens is 1. The number of carbonyl (C=O) groups is 1. The predicted molar refractivity (Wildman–Crippen MR) is 87.7 cm³/mol. The highest BCUT2D eigenvalue weighted by Crippen LogP contribution is 2.22. The molecule has 3 aromatic rings. The summed E-state index contributed by atoms with van der Waals surface area (Å²) in [5.41, 5.74) is 3.19. The number of anilines is 1. The number of hydrogen-bond acceptors (Lipinski definition) is 4. The maximum absolute atomic E-state index is 12.3. The van der Waals surface area contributed by atoms with Crippen LogP contribution in [0.5, 0.6) is 0 Å². The summed E-state index contributed by atoms with van der Waals surface area (Å²) < 4.78 is 5.19. The number of aromatic nitrogens is 2. The van der Waals surface area contributed by atoms with E-state index in [1.54, 1.807) is 12.1 Å². The number of piperazine rings is 1. The summed E-state index contributed by atoms with van der Waals surface area (Å²) in [4.78, 5) is 24.1. The van der Waals surface area contributed by atoms with Crippen LogP contribution in [0.4, 0.5) is 5.69 Å². The highest BCUT2D eigenvalue weighted by Gasteiger charge is 2.23. The first-order valence-electron chi connectivity index (χ1n) is 7.75. The molecule has 23 heavy (non-hydrogen) atoms. The van der Waals surface area contributed by atoms with Gasteiger partial charge in [-0.15, -0.1) is 0 Å². The first-order chi connectivity index (χ1) is 11.2. The van der Waals surface area contributed by atoms with Gasteiger partial charge in [0.1, 0.15) is 5.82 Å². The summed E-state index contributed by atoms with van der Waals surface area (Å²) in [7, 11) is 0. The Morgan fingerprint density at radius 2 is 2.04 bits per heavy atom. The normalized spacial score (nSPS) is 15.3. The molecule has 2 aromatic heterocycles. The van der Waals surface area contributed by atoms with Gasteiger partial charge in [-0.3, -0.25) is 4.79 Å². The first kappa shape index (κ1) is 13.9. The van der Waals surface area contributed by atoms with E-state index in [4.69, 9.17) is 4.42 Å². The highest BCUT2D eigenvalue weighted by molar-refractivity contribution is 5.91. The molecule has 0 aliphatic carbocycles. The lowest BCUT2D eigenvalue weighted by Gasteiger charge is -2.35. The highest BCUT2D eigenvalue weighted by atomic mass is 16.3. The average molecular weight is 310 g/mol. The predicted octanol–water partition coefficient (Wildman–Crippen LogP) is 2.43. The van der Waals surface area contributed by atoms with Crippen molar-refractivity contribution in [1.29, 1.82) is 0 Å². The molecule has 1 aliphatic rings. The Bertz CT molecular complexity index is 830. The van der Waals surface area contributed by atoms with Gasteiger partial charge in [0.05, 0.1) is 17.3 Å². The Morgan fingerprint density at radius 1 is 1.22 bits per heavy atom. The van der Waals surface area contributed by atoms with Crippen molar-refractivity contribution in [3.05, 3.63) is 48.2 Å². The SMILES string of the molecule is Cc1nc2ccc(N3CCN(C(=O)c4ccco4)CC3)cc2[nH]1. The largest absolute Gasteiger partial charge is 0.459 e. The molecule has 0 bridgehead atoms. The molecule has 0 unspecified atom stereocenters. The van der Waals surface area contributed by atoms with Crippen molar-refractivity contribution in [3.8, 4) is 0 Å². The zero-order chi connectivity index (χ0) is 15.8. The van der Waals surface area contributed by atoms with Crippen LogP contribution in [0.1, 0.15) is 16.4 Å². The number of aromatic amines is 1. The number of fused-ring (bicyclic) bond motifs is 1. The molecule has 1 amide bonds. The number of imidazole rings is 1. The number of nitrogens with zero attached hydrogens (tertiary/aromatic N) is 3. The quantitative estimate of drug-likeness (QED) is 0.789. The minimum absolute atomic E-state index is 0.0331. The summed E-state index contributed by atoms with van der Waals surface area (Å²) in [6, 6.07) is 9.70. The van der Waals surface area contributed by atoms with Crippen molar-refractivity contribution < 1.29 is 9.21 Å². The summed E-state index contributed by atoms with van der Waals surface area (Å²) in [6.45, 7) is 4.97. The Kier molecular flexibility index (Phi) is 3.29. The van der Waals surface area contributed by atoms with E-state index in [-0.39, 0.29) is 5.91 Å². The van der Waals surface area contributed by atoms with E-state index >= 15 is 0 Å². The topological polar surface area (TPSA) is 65.4 Å². The number of carbonyl (C=O) groups excluding carboxylic acids is 1. The van der Waals surface area contributed by atoms with Gasteiger partial charge in [-0.05, 0) is 37.3 Å². The maximum atomic E-state index is 12.3. The van der Waals surface area contributed by atoms with Gasteiger partial charge in [0.15, 0.2) is 5.76 Å². The van der Waals surface area contributed by atoms with Gasteiger partial charge in [-0.25, -0.2) is 4.98 Å². The number of benzene rings is 1. The van der Waals surface area contributed by atoms with Crippen LogP contribution in [-0.4, -0.2) is 47.0 Å². The molecule has 1 fully saturated rings. The molecule has 6 nitrogen and oxygen atoms in total. The van der Waals surface area contributed by atoms with Crippen LogP contribution in [0.3, 0.4) is 0 Å². The second-order valence-corrected chi connectivity index (χ2v) is 5.78. The zero-order valence-corrected chi connectivity index (χ0v) is 13.0. The third kappa shape index (κ3) is 2.56. The lowest BCUT2D eigenvalue weighted by molar-refractivity contribution is 0.0714. The van der Waals surface area contributed by atoms with Gasteiger partial charge in [0.2, 0.25) is 0 Å². The van der Waals surface area contributed by atoms with Crippen LogP contribution in [-0.2, 0) is 0 Å². The molecule has 1 aromatic carbocycles. The zero-order valence-electron chi connectivity index (χ0n) is 13.0. The van der Waals surface area contributed by atoms with Crippen molar-refractivity contribution in [2.75, 3.05) is 31.1 Å². The third-order valence-corrected chi connectivity index (χ3v) is 4.25. The lowest BCUT2D eigenvalue weighted by atomic mass is 10.2. The van der Waals surface area contributed by atoms with E-state index in [2.05, 4.69) is 27.0 Å². The van der Waals surface area contributed by atoms with Crippen molar-refractivity contribution in [2.45, 2.75) is 6.92 Å². The first-order valence-corrected chi connectivity index (χ1v) is 7.75. The summed E-state index contributed by atoms with van der Waals surface area (Å²) in [5, 5.41) is 0. The van der Waals surface area contributed by atoms with E-state index in [0.29, 0.717) is 18.8 Å². The molecule has 1 aliphatic heterocycles. The maximum Gasteiger partial charge on any atom is 0.289 e. The number of rotatable bonds is 2. The molecule has 3 heterocycles. The van der Waals surface area contributed by atoms with Gasteiger partial charge < -0.3 is 19.2 Å². The molecule has 4 rings (SSSR count). The minimum Gasteiger partial charge on any atom is -0.459 e. The molecule has 118 valence electrons. The van der Waals surface area contributed by atoms with Crippen molar-refractivity contribution in [3.63, 3.8) is 0 Å². The van der Waals surface area contributed by atoms with Crippen molar-refractivity contribution in [2.24, 2.45) is 0 Å². The Hall–Kier alpha value is -2.76. The Labute approximate surface area is 133 Å². The Balaban J connectivity index is 1.47. The molecule has 0 atom stereocenters.